The SMILES string of the molecule is CCCNC=O.CNc1ccc(-c2c(C#N)c3ccc(OC)cc3n2C)cc1. The van der Waals surface area contributed by atoms with E-state index in [9.17, 15) is 10.1 Å². The smallest absolute Gasteiger partial charge is 0.207 e. The van der Waals surface area contributed by atoms with Gasteiger partial charge in [-0.2, -0.15) is 5.26 Å². The van der Waals surface area contributed by atoms with Crippen molar-refractivity contribution in [2.45, 2.75) is 13.3 Å². The van der Waals surface area contributed by atoms with E-state index >= 15 is 0 Å². The topological polar surface area (TPSA) is 79.1 Å². The van der Waals surface area contributed by atoms with Gasteiger partial charge in [0.25, 0.3) is 0 Å². The highest BCUT2D eigenvalue weighted by Crippen LogP contribution is 2.34. The van der Waals surface area contributed by atoms with Crippen molar-refractivity contribution in [3.63, 3.8) is 0 Å². The summed E-state index contributed by atoms with van der Waals surface area (Å²) in [6.45, 7) is 2.81. The molecular formula is C22H26N4O2. The predicted molar refractivity (Wildman–Crippen MR) is 114 cm³/mol. The number of benzene rings is 2. The van der Waals surface area contributed by atoms with Crippen molar-refractivity contribution in [2.24, 2.45) is 7.05 Å². The van der Waals surface area contributed by atoms with Gasteiger partial charge in [-0.05, 0) is 36.2 Å². The average molecular weight is 378 g/mol. The van der Waals surface area contributed by atoms with E-state index in [4.69, 9.17) is 4.74 Å². The number of anilines is 1. The van der Waals surface area contributed by atoms with Gasteiger partial charge in [0.1, 0.15) is 11.8 Å². The molecule has 1 aromatic heterocycles. The van der Waals surface area contributed by atoms with Gasteiger partial charge in [0.2, 0.25) is 6.41 Å². The van der Waals surface area contributed by atoms with Gasteiger partial charge >= 0.3 is 0 Å². The largest absolute Gasteiger partial charge is 0.497 e. The molecule has 146 valence electrons. The quantitative estimate of drug-likeness (QED) is 0.503. The van der Waals surface area contributed by atoms with Crippen molar-refractivity contribution in [1.29, 1.82) is 5.26 Å². The van der Waals surface area contributed by atoms with Gasteiger partial charge in [-0.3, -0.25) is 4.79 Å². The van der Waals surface area contributed by atoms with Gasteiger partial charge in [-0.1, -0.05) is 19.1 Å². The van der Waals surface area contributed by atoms with Crippen molar-refractivity contribution in [1.82, 2.24) is 9.88 Å². The molecule has 0 unspecified atom stereocenters. The number of nitrogens with zero attached hydrogens (tertiary/aromatic N) is 2. The molecule has 0 fully saturated rings. The molecule has 6 heteroatoms. The van der Waals surface area contributed by atoms with Gasteiger partial charge in [0, 0.05) is 37.8 Å². The highest BCUT2D eigenvalue weighted by molar-refractivity contribution is 5.95. The summed E-state index contributed by atoms with van der Waals surface area (Å²) in [5, 5.41) is 16.2. The molecule has 0 spiro atoms. The van der Waals surface area contributed by atoms with Crippen LogP contribution in [0.15, 0.2) is 42.5 Å². The van der Waals surface area contributed by atoms with Gasteiger partial charge in [-0.25, -0.2) is 0 Å². The van der Waals surface area contributed by atoms with Gasteiger partial charge in [0.05, 0.1) is 23.9 Å². The van der Waals surface area contributed by atoms with Crippen LogP contribution in [0.25, 0.3) is 22.2 Å². The Labute approximate surface area is 165 Å². The van der Waals surface area contributed by atoms with Crippen LogP contribution in [0, 0.1) is 11.3 Å². The number of rotatable bonds is 6. The van der Waals surface area contributed by atoms with E-state index in [1.54, 1.807) is 7.11 Å². The molecule has 0 radical (unpaired) electrons. The molecule has 3 aromatic rings. The summed E-state index contributed by atoms with van der Waals surface area (Å²) in [5.74, 6) is 0.787. The van der Waals surface area contributed by atoms with Crippen LogP contribution < -0.4 is 15.4 Å². The van der Waals surface area contributed by atoms with E-state index in [0.717, 1.165) is 46.6 Å². The second kappa shape index (κ2) is 10.0. The molecule has 0 aliphatic carbocycles. The van der Waals surface area contributed by atoms with Crippen LogP contribution in [0.4, 0.5) is 5.69 Å². The third-order valence-corrected chi connectivity index (χ3v) is 4.44. The first-order valence-corrected chi connectivity index (χ1v) is 9.12. The Hall–Kier alpha value is -3.46. The molecule has 0 atom stereocenters. The molecule has 2 aromatic carbocycles. The Kier molecular flexibility index (Phi) is 7.46. The van der Waals surface area contributed by atoms with Crippen molar-refractivity contribution in [3.8, 4) is 23.1 Å². The Morgan fingerprint density at radius 3 is 2.43 bits per heavy atom. The first kappa shape index (κ1) is 20.8. The number of ether oxygens (including phenoxy) is 1. The summed E-state index contributed by atoms with van der Waals surface area (Å²) in [5.41, 5.74) is 4.67. The van der Waals surface area contributed by atoms with Crippen LogP contribution in [-0.2, 0) is 11.8 Å². The molecule has 0 saturated heterocycles. The molecule has 3 rings (SSSR count). The molecule has 0 saturated carbocycles. The number of fused-ring (bicyclic) bond motifs is 1. The maximum atomic E-state index is 9.61. The summed E-state index contributed by atoms with van der Waals surface area (Å²) in [4.78, 5) is 9.45. The standard InChI is InChI=1S/C18H17N3O.C4H9NO/c1-20-13-6-4-12(5-7-13)18-16(11-19)15-9-8-14(22-3)10-17(15)21(18)2;1-2-3-5-4-6/h4-10,20H,1-3H3;4H,2-3H2,1H3,(H,5,6). The van der Waals surface area contributed by atoms with Crippen LogP contribution in [0.2, 0.25) is 0 Å². The third kappa shape index (κ3) is 4.44. The van der Waals surface area contributed by atoms with E-state index in [0.29, 0.717) is 12.0 Å². The van der Waals surface area contributed by atoms with Crippen molar-refractivity contribution >= 4 is 23.0 Å². The van der Waals surface area contributed by atoms with E-state index < -0.39 is 0 Å². The summed E-state index contributed by atoms with van der Waals surface area (Å²) < 4.78 is 7.34. The van der Waals surface area contributed by atoms with E-state index in [1.807, 2.05) is 68.1 Å². The lowest BCUT2D eigenvalue weighted by molar-refractivity contribution is -0.109. The minimum Gasteiger partial charge on any atom is -0.497 e. The highest BCUT2D eigenvalue weighted by atomic mass is 16.5. The lowest BCUT2D eigenvalue weighted by Gasteiger charge is -2.07. The Morgan fingerprint density at radius 2 is 1.93 bits per heavy atom. The Bertz CT molecular complexity index is 969. The number of hydrogen-bond donors (Lipinski definition) is 2. The van der Waals surface area contributed by atoms with Crippen molar-refractivity contribution < 1.29 is 9.53 Å². The summed E-state index contributed by atoms with van der Waals surface area (Å²) >= 11 is 0. The maximum absolute atomic E-state index is 9.61. The summed E-state index contributed by atoms with van der Waals surface area (Å²) in [6, 6.07) is 16.2. The number of amides is 1. The normalized spacial score (nSPS) is 9.82. The molecule has 0 aliphatic heterocycles. The van der Waals surface area contributed by atoms with Gasteiger partial charge in [0.15, 0.2) is 0 Å². The lowest BCUT2D eigenvalue weighted by Crippen LogP contribution is -2.10. The van der Waals surface area contributed by atoms with Crippen LogP contribution >= 0.6 is 0 Å². The molecule has 2 N–H and O–H groups in total. The van der Waals surface area contributed by atoms with Gasteiger partial charge in [-0.15, -0.1) is 0 Å². The number of nitriles is 1. The van der Waals surface area contributed by atoms with Crippen LogP contribution in [0.1, 0.15) is 18.9 Å². The zero-order chi connectivity index (χ0) is 20.5. The van der Waals surface area contributed by atoms with Crippen LogP contribution in [-0.4, -0.2) is 31.7 Å². The zero-order valence-electron chi connectivity index (χ0n) is 16.7. The Balaban J connectivity index is 0.000000409. The third-order valence-electron chi connectivity index (χ3n) is 4.44. The first-order valence-electron chi connectivity index (χ1n) is 9.12. The minimum atomic E-state index is 0.692. The number of carbonyl (C=O) groups excluding carboxylic acids is 1. The number of aryl methyl sites for hydroxylation is 1. The molecule has 28 heavy (non-hydrogen) atoms. The Morgan fingerprint density at radius 1 is 1.21 bits per heavy atom. The summed E-state index contributed by atoms with van der Waals surface area (Å²) in [6.07, 6.45) is 1.72. The molecule has 0 aliphatic rings. The number of methoxy groups -OCH3 is 1. The van der Waals surface area contributed by atoms with Crippen LogP contribution in [0.5, 0.6) is 5.75 Å². The average Bonchev–Trinajstić information content (AvgIpc) is 3.03. The second-order valence-electron chi connectivity index (χ2n) is 6.18. The molecule has 1 heterocycles. The van der Waals surface area contributed by atoms with Crippen molar-refractivity contribution in [2.75, 3.05) is 26.0 Å². The minimum absolute atomic E-state index is 0.692. The number of carbonyl (C=O) groups is 1. The highest BCUT2D eigenvalue weighted by Gasteiger charge is 2.17. The monoisotopic (exact) mass is 378 g/mol. The maximum Gasteiger partial charge on any atom is 0.207 e. The fraction of sp³-hybridized carbons (Fsp3) is 0.273. The molecule has 1 amide bonds. The predicted octanol–water partition coefficient (Wildman–Crippen LogP) is 3.91. The van der Waals surface area contributed by atoms with Crippen molar-refractivity contribution in [3.05, 3.63) is 48.0 Å². The van der Waals surface area contributed by atoms with Gasteiger partial charge < -0.3 is 19.9 Å². The first-order chi connectivity index (χ1) is 13.6. The fourth-order valence-electron chi connectivity index (χ4n) is 2.99. The molecular weight excluding hydrogens is 352 g/mol. The zero-order valence-corrected chi connectivity index (χ0v) is 16.7. The second-order valence-corrected chi connectivity index (χ2v) is 6.18. The number of nitrogens with one attached hydrogen (secondary N) is 2. The molecule has 6 nitrogen and oxygen atoms in total. The number of hydrogen-bond acceptors (Lipinski definition) is 4. The summed E-state index contributed by atoms with van der Waals surface area (Å²) in [7, 11) is 5.51. The fourth-order valence-corrected chi connectivity index (χ4v) is 2.99. The lowest BCUT2D eigenvalue weighted by atomic mass is 10.1. The van der Waals surface area contributed by atoms with E-state index in [1.165, 1.54) is 0 Å². The van der Waals surface area contributed by atoms with E-state index in [2.05, 4.69) is 16.7 Å². The molecule has 0 bridgehead atoms. The van der Waals surface area contributed by atoms with E-state index in [-0.39, 0.29) is 0 Å². The van der Waals surface area contributed by atoms with Crippen LogP contribution in [0.3, 0.4) is 0 Å². The number of aromatic nitrogens is 1.